The maximum absolute atomic E-state index is 13.3. The first-order valence-electron chi connectivity index (χ1n) is 6.84. The molecule has 0 aromatic heterocycles. The molecular formula is C16H12FNO5S. The minimum absolute atomic E-state index is 0.132. The zero-order chi connectivity index (χ0) is 17.3. The van der Waals surface area contributed by atoms with Gasteiger partial charge in [0, 0.05) is 5.56 Å². The van der Waals surface area contributed by atoms with Gasteiger partial charge in [0.15, 0.2) is 6.10 Å². The number of hydrogen-bond donors (Lipinski definition) is 1. The summed E-state index contributed by atoms with van der Waals surface area (Å²) in [6.07, 6.45) is -1.25. The number of halogens is 1. The Bertz CT molecular complexity index is 924. The molecule has 1 aliphatic heterocycles. The SMILES string of the molecule is NC1=C(OS(=O)(=O)c2ccccc2)C(=O)C(c2cccc(F)c2)O1. The number of Topliss-reactive ketones (excluding diaryl/α,β-unsaturated/α-hetero) is 1. The standard InChI is InChI=1S/C16H12FNO5S/c17-11-6-4-5-10(9-11)14-13(19)15(16(18)22-14)23-24(20,21)12-7-2-1-3-8-12/h1-9,14H,18H2. The molecule has 124 valence electrons. The van der Waals surface area contributed by atoms with E-state index in [1.165, 1.54) is 42.5 Å². The van der Waals surface area contributed by atoms with Gasteiger partial charge in [-0.15, -0.1) is 0 Å². The number of carbonyl (C=O) groups excluding carboxylic acids is 1. The number of carbonyl (C=O) groups is 1. The summed E-state index contributed by atoms with van der Waals surface area (Å²) in [7, 11) is -4.24. The molecule has 0 radical (unpaired) electrons. The van der Waals surface area contributed by atoms with E-state index in [0.29, 0.717) is 0 Å². The molecule has 0 fully saturated rings. The van der Waals surface area contributed by atoms with Crippen LogP contribution in [0.5, 0.6) is 0 Å². The lowest BCUT2D eigenvalue weighted by molar-refractivity contribution is -0.123. The summed E-state index contributed by atoms with van der Waals surface area (Å²) in [4.78, 5) is 12.2. The quantitative estimate of drug-likeness (QED) is 0.848. The fourth-order valence-corrected chi connectivity index (χ4v) is 3.16. The Balaban J connectivity index is 1.87. The first-order valence-corrected chi connectivity index (χ1v) is 8.25. The van der Waals surface area contributed by atoms with Crippen LogP contribution in [0.15, 0.2) is 71.1 Å². The van der Waals surface area contributed by atoms with Gasteiger partial charge in [0.2, 0.25) is 17.4 Å². The molecule has 0 saturated carbocycles. The topological polar surface area (TPSA) is 95.7 Å². The van der Waals surface area contributed by atoms with Crippen molar-refractivity contribution in [2.24, 2.45) is 5.73 Å². The van der Waals surface area contributed by atoms with Gasteiger partial charge in [0.25, 0.3) is 0 Å². The second-order valence-corrected chi connectivity index (χ2v) is 6.51. The normalized spacial score (nSPS) is 17.7. The molecule has 1 atom stereocenters. The van der Waals surface area contributed by atoms with Crippen LogP contribution in [0.1, 0.15) is 11.7 Å². The van der Waals surface area contributed by atoms with Gasteiger partial charge in [-0.2, -0.15) is 8.42 Å². The van der Waals surface area contributed by atoms with Crippen molar-refractivity contribution in [3.63, 3.8) is 0 Å². The molecule has 2 aromatic carbocycles. The summed E-state index contributed by atoms with van der Waals surface area (Å²) in [6.45, 7) is 0. The zero-order valence-electron chi connectivity index (χ0n) is 12.2. The summed E-state index contributed by atoms with van der Waals surface area (Å²) in [6, 6.07) is 12.5. The van der Waals surface area contributed by atoms with Crippen molar-refractivity contribution >= 4 is 15.9 Å². The number of ketones is 1. The van der Waals surface area contributed by atoms with Crippen LogP contribution in [0.2, 0.25) is 0 Å². The van der Waals surface area contributed by atoms with Crippen LogP contribution < -0.4 is 5.73 Å². The van der Waals surface area contributed by atoms with E-state index in [0.717, 1.165) is 6.07 Å². The van der Waals surface area contributed by atoms with Crippen molar-refractivity contribution in [3.05, 3.63) is 77.6 Å². The minimum atomic E-state index is -4.24. The average molecular weight is 349 g/mol. The molecule has 3 rings (SSSR count). The average Bonchev–Trinajstić information content (AvgIpc) is 2.83. The summed E-state index contributed by atoms with van der Waals surface area (Å²) in [5.41, 5.74) is 5.78. The van der Waals surface area contributed by atoms with Crippen molar-refractivity contribution in [1.82, 2.24) is 0 Å². The molecule has 0 bridgehead atoms. The first-order chi connectivity index (χ1) is 11.4. The Hall–Kier alpha value is -2.87. The van der Waals surface area contributed by atoms with Gasteiger partial charge < -0.3 is 14.7 Å². The van der Waals surface area contributed by atoms with Crippen molar-refractivity contribution in [1.29, 1.82) is 0 Å². The third-order valence-corrected chi connectivity index (χ3v) is 4.54. The van der Waals surface area contributed by atoms with Gasteiger partial charge in [-0.1, -0.05) is 30.3 Å². The van der Waals surface area contributed by atoms with E-state index < -0.39 is 39.5 Å². The second-order valence-electron chi connectivity index (χ2n) is 4.96. The highest BCUT2D eigenvalue weighted by Crippen LogP contribution is 2.33. The lowest BCUT2D eigenvalue weighted by Crippen LogP contribution is -2.15. The maximum Gasteiger partial charge on any atom is 0.339 e. The Morgan fingerprint density at radius 3 is 2.46 bits per heavy atom. The van der Waals surface area contributed by atoms with E-state index in [1.54, 1.807) is 6.07 Å². The monoisotopic (exact) mass is 349 g/mol. The highest BCUT2D eigenvalue weighted by atomic mass is 32.2. The van der Waals surface area contributed by atoms with E-state index in [9.17, 15) is 17.6 Å². The lowest BCUT2D eigenvalue weighted by atomic mass is 10.1. The zero-order valence-corrected chi connectivity index (χ0v) is 13.0. The molecular weight excluding hydrogens is 337 g/mol. The molecule has 0 amide bonds. The van der Waals surface area contributed by atoms with E-state index in [4.69, 9.17) is 14.7 Å². The molecule has 2 N–H and O–H groups in total. The van der Waals surface area contributed by atoms with E-state index in [-0.39, 0.29) is 10.5 Å². The Kier molecular flexibility index (Phi) is 3.98. The van der Waals surface area contributed by atoms with Gasteiger partial charge in [-0.05, 0) is 24.3 Å². The minimum Gasteiger partial charge on any atom is -0.460 e. The molecule has 0 spiro atoms. The number of rotatable bonds is 4. The fourth-order valence-electron chi connectivity index (χ4n) is 2.19. The van der Waals surface area contributed by atoms with Gasteiger partial charge in [-0.25, -0.2) is 4.39 Å². The molecule has 8 heteroatoms. The first kappa shape index (κ1) is 16.0. The summed E-state index contributed by atoms with van der Waals surface area (Å²) in [5, 5.41) is 0. The van der Waals surface area contributed by atoms with Crippen LogP contribution in [-0.2, 0) is 23.8 Å². The Morgan fingerprint density at radius 1 is 1.08 bits per heavy atom. The molecule has 0 saturated heterocycles. The van der Waals surface area contributed by atoms with Crippen LogP contribution in [0.4, 0.5) is 4.39 Å². The third-order valence-electron chi connectivity index (χ3n) is 3.31. The second kappa shape index (κ2) is 5.97. The molecule has 1 unspecified atom stereocenters. The van der Waals surface area contributed by atoms with Gasteiger partial charge in [0.1, 0.15) is 10.7 Å². The molecule has 24 heavy (non-hydrogen) atoms. The van der Waals surface area contributed by atoms with Crippen LogP contribution in [0.25, 0.3) is 0 Å². The highest BCUT2D eigenvalue weighted by molar-refractivity contribution is 7.86. The predicted molar refractivity (Wildman–Crippen MR) is 81.2 cm³/mol. The summed E-state index contributed by atoms with van der Waals surface area (Å²) >= 11 is 0. The van der Waals surface area contributed by atoms with E-state index in [2.05, 4.69) is 0 Å². The fraction of sp³-hybridized carbons (Fsp3) is 0.0625. The predicted octanol–water partition coefficient (Wildman–Crippen LogP) is 2.00. The molecule has 1 heterocycles. The smallest absolute Gasteiger partial charge is 0.339 e. The van der Waals surface area contributed by atoms with Crippen LogP contribution >= 0.6 is 0 Å². The maximum atomic E-state index is 13.3. The van der Waals surface area contributed by atoms with E-state index >= 15 is 0 Å². The largest absolute Gasteiger partial charge is 0.460 e. The number of ether oxygens (including phenoxy) is 1. The van der Waals surface area contributed by atoms with Gasteiger partial charge >= 0.3 is 10.1 Å². The van der Waals surface area contributed by atoms with Crippen LogP contribution in [0, 0.1) is 5.82 Å². The lowest BCUT2D eigenvalue weighted by Gasteiger charge is -2.09. The number of hydrogen-bond acceptors (Lipinski definition) is 6. The van der Waals surface area contributed by atoms with Crippen molar-refractivity contribution in [2.75, 3.05) is 0 Å². The number of nitrogens with two attached hydrogens (primary N) is 1. The van der Waals surface area contributed by atoms with Crippen molar-refractivity contribution < 1.29 is 26.5 Å². The van der Waals surface area contributed by atoms with Crippen LogP contribution in [-0.4, -0.2) is 14.2 Å². The third kappa shape index (κ3) is 2.95. The molecule has 1 aliphatic rings. The Morgan fingerprint density at radius 2 is 1.79 bits per heavy atom. The van der Waals surface area contributed by atoms with Crippen LogP contribution in [0.3, 0.4) is 0 Å². The van der Waals surface area contributed by atoms with Gasteiger partial charge in [-0.3, -0.25) is 4.79 Å². The van der Waals surface area contributed by atoms with Crippen molar-refractivity contribution in [2.45, 2.75) is 11.0 Å². The van der Waals surface area contributed by atoms with Crippen molar-refractivity contribution in [3.8, 4) is 0 Å². The molecule has 0 aliphatic carbocycles. The molecule has 6 nitrogen and oxygen atoms in total. The highest BCUT2D eigenvalue weighted by Gasteiger charge is 2.39. The Labute approximate surface area is 137 Å². The van der Waals surface area contributed by atoms with Gasteiger partial charge in [0.05, 0.1) is 0 Å². The molecule has 2 aromatic rings. The number of benzene rings is 2. The van der Waals surface area contributed by atoms with E-state index in [1.807, 2.05) is 0 Å². The summed E-state index contributed by atoms with van der Waals surface area (Å²) in [5.74, 6) is -2.44. The summed E-state index contributed by atoms with van der Waals surface area (Å²) < 4.78 is 47.7.